The Morgan fingerprint density at radius 2 is 1.34 bits per heavy atom. The summed E-state index contributed by atoms with van der Waals surface area (Å²) >= 11 is 0. The number of hydrogen-bond acceptors (Lipinski definition) is 4. The first-order chi connectivity index (χ1) is 14.1. The summed E-state index contributed by atoms with van der Waals surface area (Å²) in [6, 6.07) is 24.2. The monoisotopic (exact) mass is 391 g/mol. The van der Waals surface area contributed by atoms with Gasteiger partial charge in [-0.25, -0.2) is 9.59 Å². The lowest BCUT2D eigenvalue weighted by Gasteiger charge is -2.15. The van der Waals surface area contributed by atoms with Crippen LogP contribution in [-0.2, 0) is 22.7 Å². The molecule has 0 bridgehead atoms. The molecule has 29 heavy (non-hydrogen) atoms. The lowest BCUT2D eigenvalue weighted by molar-refractivity contribution is -0.139. The van der Waals surface area contributed by atoms with E-state index in [1.165, 1.54) is 0 Å². The minimum Gasteiger partial charge on any atom is -0.489 e. The van der Waals surface area contributed by atoms with Crippen molar-refractivity contribution in [3.63, 3.8) is 0 Å². The molecule has 148 valence electrons. The normalized spacial score (nSPS) is 11.3. The quantitative estimate of drug-likeness (QED) is 0.597. The molecular weight excluding hydrogens is 370 g/mol. The first-order valence-corrected chi connectivity index (χ1v) is 9.08. The molecule has 0 saturated carbocycles. The molecule has 3 aromatic rings. The Balaban J connectivity index is 1.56. The van der Waals surface area contributed by atoms with Crippen LogP contribution in [-0.4, -0.2) is 17.2 Å². The zero-order valence-electron chi connectivity index (χ0n) is 15.7. The molecule has 0 heterocycles. The van der Waals surface area contributed by atoms with Gasteiger partial charge in [0.25, 0.3) is 0 Å². The van der Waals surface area contributed by atoms with Crippen LogP contribution in [0.2, 0.25) is 0 Å². The summed E-state index contributed by atoms with van der Waals surface area (Å²) in [7, 11) is 0. The standard InChI is InChI=1S/C23H21NO5/c25-22(26)21(24-23(27)29-16-18-9-5-2-6-10-18)19-11-13-20(14-12-19)28-15-17-7-3-1-4-8-17/h1-14,21H,15-16H2,(H,24,27)(H,25,26)/t21-/m0/s1. The van der Waals surface area contributed by atoms with Crippen molar-refractivity contribution in [3.05, 3.63) is 102 Å². The van der Waals surface area contributed by atoms with Gasteiger partial charge in [-0.1, -0.05) is 72.8 Å². The second kappa shape index (κ2) is 9.94. The molecule has 1 amide bonds. The van der Waals surface area contributed by atoms with Crippen LogP contribution in [0.3, 0.4) is 0 Å². The van der Waals surface area contributed by atoms with E-state index in [1.807, 2.05) is 60.7 Å². The maximum absolute atomic E-state index is 12.0. The van der Waals surface area contributed by atoms with Crippen LogP contribution in [0.4, 0.5) is 4.79 Å². The van der Waals surface area contributed by atoms with Gasteiger partial charge in [0.15, 0.2) is 6.04 Å². The molecule has 0 aliphatic heterocycles. The lowest BCUT2D eigenvalue weighted by Crippen LogP contribution is -2.34. The zero-order chi connectivity index (χ0) is 20.5. The largest absolute Gasteiger partial charge is 0.489 e. The maximum atomic E-state index is 12.0. The van der Waals surface area contributed by atoms with Gasteiger partial charge in [0, 0.05) is 0 Å². The van der Waals surface area contributed by atoms with Crippen molar-refractivity contribution in [2.45, 2.75) is 19.3 Å². The number of ether oxygens (including phenoxy) is 2. The number of hydrogen-bond donors (Lipinski definition) is 2. The molecule has 3 aromatic carbocycles. The van der Waals surface area contributed by atoms with Gasteiger partial charge in [0.1, 0.15) is 19.0 Å². The van der Waals surface area contributed by atoms with Gasteiger partial charge in [0.05, 0.1) is 0 Å². The van der Waals surface area contributed by atoms with Crippen LogP contribution in [0.25, 0.3) is 0 Å². The molecule has 3 rings (SSSR count). The zero-order valence-corrected chi connectivity index (χ0v) is 15.7. The fraction of sp³-hybridized carbons (Fsp3) is 0.130. The van der Waals surface area contributed by atoms with Crippen molar-refractivity contribution in [1.29, 1.82) is 0 Å². The van der Waals surface area contributed by atoms with E-state index in [9.17, 15) is 14.7 Å². The first-order valence-electron chi connectivity index (χ1n) is 9.08. The number of alkyl carbamates (subject to hydrolysis) is 1. The summed E-state index contributed by atoms with van der Waals surface area (Å²) in [6.45, 7) is 0.470. The van der Waals surface area contributed by atoms with Crippen molar-refractivity contribution in [3.8, 4) is 5.75 Å². The predicted octanol–water partition coefficient (Wildman–Crippen LogP) is 4.32. The van der Waals surface area contributed by atoms with Crippen LogP contribution in [0, 0.1) is 0 Å². The molecule has 0 aliphatic rings. The molecule has 0 saturated heterocycles. The van der Waals surface area contributed by atoms with E-state index >= 15 is 0 Å². The van der Waals surface area contributed by atoms with E-state index < -0.39 is 18.1 Å². The first kappa shape index (κ1) is 19.9. The Bertz CT molecular complexity index is 927. The molecule has 0 radical (unpaired) electrons. The summed E-state index contributed by atoms with van der Waals surface area (Å²) in [5.41, 5.74) is 2.26. The van der Waals surface area contributed by atoms with Crippen molar-refractivity contribution < 1.29 is 24.2 Å². The Morgan fingerprint density at radius 3 is 1.90 bits per heavy atom. The highest BCUT2D eigenvalue weighted by molar-refractivity contribution is 5.81. The summed E-state index contributed by atoms with van der Waals surface area (Å²) in [6.07, 6.45) is -0.800. The number of aliphatic carboxylic acids is 1. The molecule has 0 spiro atoms. The average molecular weight is 391 g/mol. The second-order valence-corrected chi connectivity index (χ2v) is 6.32. The van der Waals surface area contributed by atoms with E-state index in [0.29, 0.717) is 17.9 Å². The van der Waals surface area contributed by atoms with Gasteiger partial charge in [-0.2, -0.15) is 0 Å². The van der Waals surface area contributed by atoms with Crippen LogP contribution >= 0.6 is 0 Å². The van der Waals surface area contributed by atoms with Gasteiger partial charge < -0.3 is 19.9 Å². The summed E-state index contributed by atoms with van der Waals surface area (Å²) < 4.78 is 10.8. The van der Waals surface area contributed by atoms with Crippen LogP contribution in [0.15, 0.2) is 84.9 Å². The smallest absolute Gasteiger partial charge is 0.408 e. The fourth-order valence-electron chi connectivity index (χ4n) is 2.67. The van der Waals surface area contributed by atoms with Gasteiger partial charge in [-0.3, -0.25) is 0 Å². The minimum absolute atomic E-state index is 0.0608. The number of carboxylic acid groups (broad SMARTS) is 1. The number of nitrogens with one attached hydrogen (secondary N) is 1. The Kier molecular flexibility index (Phi) is 6.84. The Labute approximate surface area is 168 Å². The van der Waals surface area contributed by atoms with Gasteiger partial charge >= 0.3 is 12.1 Å². The van der Waals surface area contributed by atoms with Crippen LogP contribution < -0.4 is 10.1 Å². The molecular formula is C23H21NO5. The van der Waals surface area contributed by atoms with Crippen molar-refractivity contribution in [2.75, 3.05) is 0 Å². The van der Waals surface area contributed by atoms with E-state index in [4.69, 9.17) is 9.47 Å². The van der Waals surface area contributed by atoms with E-state index in [1.54, 1.807) is 24.3 Å². The van der Waals surface area contributed by atoms with Crippen molar-refractivity contribution in [2.24, 2.45) is 0 Å². The fourth-order valence-corrected chi connectivity index (χ4v) is 2.67. The Morgan fingerprint density at radius 1 is 0.793 bits per heavy atom. The van der Waals surface area contributed by atoms with Crippen LogP contribution in [0.1, 0.15) is 22.7 Å². The van der Waals surface area contributed by atoms with E-state index in [2.05, 4.69) is 5.32 Å². The third-order valence-corrected chi connectivity index (χ3v) is 4.18. The molecule has 0 aliphatic carbocycles. The lowest BCUT2D eigenvalue weighted by atomic mass is 10.1. The molecule has 6 heteroatoms. The third-order valence-electron chi connectivity index (χ3n) is 4.18. The van der Waals surface area contributed by atoms with Crippen LogP contribution in [0.5, 0.6) is 5.75 Å². The topological polar surface area (TPSA) is 84.9 Å². The summed E-state index contributed by atoms with van der Waals surface area (Å²) in [5.74, 6) is -0.576. The molecule has 0 aromatic heterocycles. The minimum atomic E-state index is -1.22. The van der Waals surface area contributed by atoms with E-state index in [-0.39, 0.29) is 6.61 Å². The Hall–Kier alpha value is -3.80. The van der Waals surface area contributed by atoms with Gasteiger partial charge in [-0.05, 0) is 28.8 Å². The average Bonchev–Trinajstić information content (AvgIpc) is 2.76. The number of carbonyl (C=O) groups is 2. The number of carboxylic acids is 1. The molecule has 2 N–H and O–H groups in total. The highest BCUT2D eigenvalue weighted by Gasteiger charge is 2.22. The predicted molar refractivity (Wildman–Crippen MR) is 107 cm³/mol. The highest BCUT2D eigenvalue weighted by atomic mass is 16.5. The van der Waals surface area contributed by atoms with Crippen molar-refractivity contribution in [1.82, 2.24) is 5.32 Å². The maximum Gasteiger partial charge on any atom is 0.408 e. The molecule has 0 fully saturated rings. The number of amides is 1. The number of benzene rings is 3. The highest BCUT2D eigenvalue weighted by Crippen LogP contribution is 2.19. The summed E-state index contributed by atoms with van der Waals surface area (Å²) in [5, 5.41) is 11.9. The molecule has 1 atom stereocenters. The SMILES string of the molecule is O=C(N[C@H](C(=O)O)c1ccc(OCc2ccccc2)cc1)OCc1ccccc1. The number of rotatable bonds is 8. The summed E-state index contributed by atoms with van der Waals surface area (Å²) in [4.78, 5) is 23.6. The van der Waals surface area contributed by atoms with E-state index in [0.717, 1.165) is 11.1 Å². The third kappa shape index (κ3) is 6.10. The van der Waals surface area contributed by atoms with Gasteiger partial charge in [-0.15, -0.1) is 0 Å². The molecule has 6 nitrogen and oxygen atoms in total. The van der Waals surface area contributed by atoms with Crippen molar-refractivity contribution >= 4 is 12.1 Å². The molecule has 0 unspecified atom stereocenters. The van der Waals surface area contributed by atoms with Gasteiger partial charge in [0.2, 0.25) is 0 Å². The second-order valence-electron chi connectivity index (χ2n) is 6.32. The number of carbonyl (C=O) groups excluding carboxylic acids is 1.